The molecule has 0 saturated heterocycles. The zero-order valence-electron chi connectivity index (χ0n) is 21.7. The summed E-state index contributed by atoms with van der Waals surface area (Å²) in [5, 5.41) is 20.2. The number of carbonyl (C=O) groups is 2. The maximum Gasteiger partial charge on any atom is 0.352 e. The SMILES string of the molecule is CCCc1cc2c(=O)cc(C(=O)O)[nH]c2cc1CCOCCCOc1ccc(C(C)=O)c(O)c1CCC. The number of aromatic amines is 1. The summed E-state index contributed by atoms with van der Waals surface area (Å²) in [7, 11) is 0. The van der Waals surface area contributed by atoms with Gasteiger partial charge < -0.3 is 24.7 Å². The van der Waals surface area contributed by atoms with Crippen molar-refractivity contribution in [2.45, 2.75) is 59.3 Å². The number of hydrogen-bond acceptors (Lipinski definition) is 6. The summed E-state index contributed by atoms with van der Waals surface area (Å²) in [5.74, 6) is -0.773. The van der Waals surface area contributed by atoms with Crippen LogP contribution in [0.25, 0.3) is 10.9 Å². The van der Waals surface area contributed by atoms with Crippen LogP contribution in [0, 0.1) is 0 Å². The van der Waals surface area contributed by atoms with Crippen LogP contribution in [0.2, 0.25) is 0 Å². The fourth-order valence-corrected chi connectivity index (χ4v) is 4.39. The Balaban J connectivity index is 1.57. The molecule has 0 aliphatic carbocycles. The predicted molar refractivity (Wildman–Crippen MR) is 142 cm³/mol. The van der Waals surface area contributed by atoms with Gasteiger partial charge in [-0.25, -0.2) is 4.79 Å². The molecule has 0 amide bonds. The van der Waals surface area contributed by atoms with E-state index in [2.05, 4.69) is 11.9 Å². The number of carboxylic acids is 1. The zero-order valence-corrected chi connectivity index (χ0v) is 21.7. The monoisotopic (exact) mass is 509 g/mol. The van der Waals surface area contributed by atoms with E-state index in [9.17, 15) is 24.6 Å². The van der Waals surface area contributed by atoms with Crippen LogP contribution in [-0.2, 0) is 24.0 Å². The first-order valence-corrected chi connectivity index (χ1v) is 12.7. The second-order valence-corrected chi connectivity index (χ2v) is 9.08. The second-order valence-electron chi connectivity index (χ2n) is 9.08. The largest absolute Gasteiger partial charge is 0.507 e. The van der Waals surface area contributed by atoms with Crippen molar-refractivity contribution in [2.75, 3.05) is 19.8 Å². The number of aryl methyl sites for hydroxylation is 1. The Bertz CT molecular complexity index is 1330. The van der Waals surface area contributed by atoms with Crippen LogP contribution in [0.15, 0.2) is 35.1 Å². The lowest BCUT2D eigenvalue weighted by Crippen LogP contribution is -2.11. The van der Waals surface area contributed by atoms with E-state index in [1.54, 1.807) is 12.1 Å². The van der Waals surface area contributed by atoms with Crippen LogP contribution in [0.5, 0.6) is 11.5 Å². The van der Waals surface area contributed by atoms with Gasteiger partial charge in [0.25, 0.3) is 0 Å². The number of phenolic OH excluding ortho intramolecular Hbond substituents is 1. The number of Topliss-reactive ketones (excluding diaryl/α,β-unsaturated/α-hetero) is 1. The highest BCUT2D eigenvalue weighted by Crippen LogP contribution is 2.33. The molecule has 2 aromatic carbocycles. The van der Waals surface area contributed by atoms with Gasteiger partial charge in [-0.3, -0.25) is 9.59 Å². The average molecular weight is 510 g/mol. The summed E-state index contributed by atoms with van der Waals surface area (Å²) in [5.41, 5.74) is 3.11. The summed E-state index contributed by atoms with van der Waals surface area (Å²) in [4.78, 5) is 38.3. The number of aromatic hydroxyl groups is 1. The van der Waals surface area contributed by atoms with Crippen molar-refractivity contribution in [3.05, 3.63) is 68.5 Å². The molecule has 3 rings (SSSR count). The van der Waals surface area contributed by atoms with E-state index in [1.165, 1.54) is 6.92 Å². The molecule has 0 atom stereocenters. The summed E-state index contributed by atoms with van der Waals surface area (Å²) in [6, 6.07) is 8.15. The van der Waals surface area contributed by atoms with Gasteiger partial charge in [0.05, 0.1) is 24.3 Å². The van der Waals surface area contributed by atoms with E-state index in [-0.39, 0.29) is 22.7 Å². The molecule has 0 unspecified atom stereocenters. The Labute approximate surface area is 216 Å². The number of fused-ring (bicyclic) bond motifs is 1. The van der Waals surface area contributed by atoms with Crippen LogP contribution >= 0.6 is 0 Å². The molecule has 3 N–H and O–H groups in total. The number of H-pyrrole nitrogens is 1. The predicted octanol–water partition coefficient (Wildman–Crippen LogP) is 5.07. The van der Waals surface area contributed by atoms with Gasteiger partial charge in [-0.15, -0.1) is 0 Å². The van der Waals surface area contributed by atoms with Crippen molar-refractivity contribution in [2.24, 2.45) is 0 Å². The number of hydrogen-bond donors (Lipinski definition) is 3. The molecule has 0 bridgehead atoms. The van der Waals surface area contributed by atoms with Crippen molar-refractivity contribution in [1.29, 1.82) is 0 Å². The lowest BCUT2D eigenvalue weighted by Gasteiger charge is -2.15. The molecule has 0 fully saturated rings. The third kappa shape index (κ3) is 6.98. The number of phenols is 1. The topological polar surface area (TPSA) is 126 Å². The smallest absolute Gasteiger partial charge is 0.352 e. The normalized spacial score (nSPS) is 11.1. The number of carbonyl (C=O) groups excluding carboxylic acids is 1. The van der Waals surface area contributed by atoms with Gasteiger partial charge in [0.1, 0.15) is 17.2 Å². The molecular weight excluding hydrogens is 474 g/mol. The van der Waals surface area contributed by atoms with Gasteiger partial charge in [-0.2, -0.15) is 0 Å². The van der Waals surface area contributed by atoms with Crippen molar-refractivity contribution in [3.8, 4) is 11.5 Å². The number of pyridine rings is 1. The Morgan fingerprint density at radius 2 is 1.68 bits per heavy atom. The van der Waals surface area contributed by atoms with Crippen molar-refractivity contribution >= 4 is 22.7 Å². The van der Waals surface area contributed by atoms with E-state index >= 15 is 0 Å². The summed E-state index contributed by atoms with van der Waals surface area (Å²) in [6.45, 7) is 6.87. The second kappa shape index (κ2) is 13.1. The number of benzene rings is 2. The lowest BCUT2D eigenvalue weighted by molar-refractivity contribution is 0.0690. The van der Waals surface area contributed by atoms with Crippen molar-refractivity contribution < 1.29 is 29.3 Å². The quantitative estimate of drug-likeness (QED) is 0.205. The molecule has 8 nitrogen and oxygen atoms in total. The third-order valence-corrected chi connectivity index (χ3v) is 6.23. The lowest BCUT2D eigenvalue weighted by atomic mass is 9.98. The fourth-order valence-electron chi connectivity index (χ4n) is 4.39. The minimum atomic E-state index is -1.17. The number of aromatic carboxylic acids is 1. The van der Waals surface area contributed by atoms with E-state index < -0.39 is 5.97 Å². The Morgan fingerprint density at radius 3 is 2.35 bits per heavy atom. The number of rotatable bonds is 14. The van der Waals surface area contributed by atoms with Gasteiger partial charge in [0, 0.05) is 30.0 Å². The maximum absolute atomic E-state index is 12.4. The molecule has 37 heavy (non-hydrogen) atoms. The van der Waals surface area contributed by atoms with Crippen LogP contribution < -0.4 is 10.2 Å². The first kappa shape index (κ1) is 27.9. The van der Waals surface area contributed by atoms with E-state index in [1.807, 2.05) is 19.1 Å². The van der Waals surface area contributed by atoms with E-state index in [0.717, 1.165) is 36.5 Å². The average Bonchev–Trinajstić information content (AvgIpc) is 2.85. The van der Waals surface area contributed by atoms with Gasteiger partial charge >= 0.3 is 5.97 Å². The molecule has 8 heteroatoms. The highest BCUT2D eigenvalue weighted by Gasteiger charge is 2.16. The highest BCUT2D eigenvalue weighted by atomic mass is 16.5. The third-order valence-electron chi connectivity index (χ3n) is 6.23. The number of aromatic nitrogens is 1. The first-order chi connectivity index (χ1) is 17.8. The minimum absolute atomic E-state index is 0.00168. The maximum atomic E-state index is 12.4. The Hall–Kier alpha value is -3.65. The summed E-state index contributed by atoms with van der Waals surface area (Å²) < 4.78 is 11.7. The zero-order chi connectivity index (χ0) is 26.9. The highest BCUT2D eigenvalue weighted by molar-refractivity contribution is 5.97. The van der Waals surface area contributed by atoms with Gasteiger partial charge in [0.2, 0.25) is 0 Å². The molecule has 3 aromatic rings. The first-order valence-electron chi connectivity index (χ1n) is 12.7. The number of ether oxygens (including phenoxy) is 2. The molecule has 0 aliphatic heterocycles. The van der Waals surface area contributed by atoms with Crippen molar-refractivity contribution in [1.82, 2.24) is 4.98 Å². The van der Waals surface area contributed by atoms with Crippen LogP contribution in [0.1, 0.15) is 77.6 Å². The Kier molecular flexibility index (Phi) is 9.85. The number of nitrogens with one attached hydrogen (secondary N) is 1. The van der Waals surface area contributed by atoms with Crippen LogP contribution in [0.4, 0.5) is 0 Å². The standard InChI is InChI=1S/C29H35NO7/c1-4-7-19-15-23-24(30-25(29(34)35)17-26(23)32)16-20(19)11-14-36-12-6-13-37-27-10-9-21(18(3)31)28(33)22(27)8-5-2/h9-10,15-17,33H,4-8,11-14H2,1-3H3,(H,30,32)(H,34,35). The van der Waals surface area contributed by atoms with Crippen LogP contribution in [-0.4, -0.2) is 46.8 Å². The van der Waals surface area contributed by atoms with Gasteiger partial charge in [0.15, 0.2) is 11.2 Å². The molecule has 1 aromatic heterocycles. The summed E-state index contributed by atoms with van der Waals surface area (Å²) in [6.07, 6.45) is 4.44. The summed E-state index contributed by atoms with van der Waals surface area (Å²) >= 11 is 0. The molecular formula is C29H35NO7. The molecule has 0 spiro atoms. The number of ketones is 1. The van der Waals surface area contributed by atoms with Crippen LogP contribution in [0.3, 0.4) is 0 Å². The molecule has 0 radical (unpaired) electrons. The molecule has 1 heterocycles. The molecule has 0 aliphatic rings. The Morgan fingerprint density at radius 1 is 0.946 bits per heavy atom. The van der Waals surface area contributed by atoms with Gasteiger partial charge in [-0.05, 0) is 61.6 Å². The van der Waals surface area contributed by atoms with E-state index in [0.29, 0.717) is 66.9 Å². The molecule has 0 saturated carbocycles. The van der Waals surface area contributed by atoms with Crippen molar-refractivity contribution in [3.63, 3.8) is 0 Å². The van der Waals surface area contributed by atoms with Gasteiger partial charge in [-0.1, -0.05) is 26.7 Å². The molecule has 198 valence electrons. The fraction of sp³-hybridized carbons (Fsp3) is 0.414. The number of carboxylic acid groups (broad SMARTS) is 1. The van der Waals surface area contributed by atoms with E-state index in [4.69, 9.17) is 9.47 Å². The minimum Gasteiger partial charge on any atom is -0.507 e.